The molecule has 0 spiro atoms. The fourth-order valence-electron chi connectivity index (χ4n) is 3.57. The molecule has 1 aliphatic heterocycles. The molecule has 1 aromatic carbocycles. The second-order valence-electron chi connectivity index (χ2n) is 8.56. The molecule has 3 amide bonds. The van der Waals surface area contributed by atoms with Crippen LogP contribution < -0.4 is 10.2 Å². The predicted molar refractivity (Wildman–Crippen MR) is 113 cm³/mol. The Morgan fingerprint density at radius 3 is 2.32 bits per heavy atom. The van der Waals surface area contributed by atoms with Crippen LogP contribution in [0.4, 0.5) is 33.9 Å². The number of benzene rings is 1. The van der Waals surface area contributed by atoms with E-state index in [0.29, 0.717) is 29.9 Å². The molecule has 1 saturated carbocycles. The van der Waals surface area contributed by atoms with Gasteiger partial charge in [0.05, 0.1) is 16.6 Å². The van der Waals surface area contributed by atoms with Crippen LogP contribution in [0.2, 0.25) is 0 Å². The first-order valence-corrected chi connectivity index (χ1v) is 11.6. The molecule has 4 rings (SSSR count). The molecule has 13 heteroatoms. The minimum Gasteiger partial charge on any atom is -0.364 e. The molecule has 8 nitrogen and oxygen atoms in total. The van der Waals surface area contributed by atoms with E-state index in [-0.39, 0.29) is 18.3 Å². The Kier molecular flexibility index (Phi) is 5.58. The van der Waals surface area contributed by atoms with Crippen molar-refractivity contribution in [1.29, 1.82) is 0 Å². The molecule has 2 heterocycles. The standard InChI is InChI=1S/C21H20F4N4O4S/c1-20(2)18(30)29(13-3-5-14(6-4-13)34(32,33)21(23,24)25)19(31)28(20)11-12-7-8-26-17(9-12)27-16-10-15(16)22/h3-9,15-16H,10-11H2,1-2H3,(H,26,27)/t15-,16+/m1/s1. The number of carbonyl (C=O) groups excluding carboxylic acids is 2. The van der Waals surface area contributed by atoms with Crippen molar-refractivity contribution in [1.82, 2.24) is 9.88 Å². The number of amides is 3. The van der Waals surface area contributed by atoms with Crippen LogP contribution in [0.1, 0.15) is 25.8 Å². The summed E-state index contributed by atoms with van der Waals surface area (Å²) in [6.45, 7) is 3.05. The number of pyridine rings is 1. The van der Waals surface area contributed by atoms with Crippen molar-refractivity contribution in [3.8, 4) is 0 Å². The zero-order valence-corrected chi connectivity index (χ0v) is 18.8. The second kappa shape index (κ2) is 7.93. The van der Waals surface area contributed by atoms with Crippen LogP contribution in [0.15, 0.2) is 47.5 Å². The number of alkyl halides is 4. The van der Waals surface area contributed by atoms with Gasteiger partial charge in [0, 0.05) is 19.2 Å². The molecule has 1 aromatic heterocycles. The highest BCUT2D eigenvalue weighted by molar-refractivity contribution is 7.92. The molecule has 2 aliphatic rings. The number of hydrogen-bond acceptors (Lipinski definition) is 6. The van der Waals surface area contributed by atoms with Crippen LogP contribution >= 0.6 is 0 Å². The summed E-state index contributed by atoms with van der Waals surface area (Å²) in [6, 6.07) is 5.59. The number of nitrogens with zero attached hydrogens (tertiary/aromatic N) is 3. The zero-order chi connectivity index (χ0) is 25.1. The first-order valence-electron chi connectivity index (χ1n) is 10.2. The van der Waals surface area contributed by atoms with Crippen molar-refractivity contribution < 1.29 is 35.6 Å². The number of carbonyl (C=O) groups is 2. The summed E-state index contributed by atoms with van der Waals surface area (Å²) in [5.74, 6) is -0.202. The molecule has 34 heavy (non-hydrogen) atoms. The highest BCUT2D eigenvalue weighted by Gasteiger charge is 2.52. The van der Waals surface area contributed by atoms with Crippen LogP contribution in [0.25, 0.3) is 0 Å². The van der Waals surface area contributed by atoms with Crippen LogP contribution in [-0.2, 0) is 21.2 Å². The van der Waals surface area contributed by atoms with Crippen molar-refractivity contribution in [2.45, 2.75) is 55.0 Å². The third-order valence-electron chi connectivity index (χ3n) is 5.74. The van der Waals surface area contributed by atoms with E-state index in [1.54, 1.807) is 12.1 Å². The monoisotopic (exact) mass is 500 g/mol. The van der Waals surface area contributed by atoms with E-state index in [9.17, 15) is 35.6 Å². The molecule has 182 valence electrons. The normalized spacial score (nSPS) is 22.3. The van der Waals surface area contributed by atoms with Gasteiger partial charge in [-0.3, -0.25) is 4.79 Å². The van der Waals surface area contributed by atoms with Crippen LogP contribution in [0.5, 0.6) is 0 Å². The van der Waals surface area contributed by atoms with E-state index in [4.69, 9.17) is 0 Å². The van der Waals surface area contributed by atoms with Crippen LogP contribution in [-0.4, -0.2) is 53.5 Å². The third-order valence-corrected chi connectivity index (χ3v) is 7.25. The Bertz CT molecular complexity index is 1250. The SMILES string of the molecule is CC1(C)C(=O)N(c2ccc(S(=O)(=O)C(F)(F)F)cc2)C(=O)N1Cc1ccnc(N[C@H]2C[C@H]2F)c1. The maximum atomic E-state index is 13.2. The van der Waals surface area contributed by atoms with Gasteiger partial charge < -0.3 is 10.2 Å². The van der Waals surface area contributed by atoms with Crippen molar-refractivity contribution in [3.63, 3.8) is 0 Å². The summed E-state index contributed by atoms with van der Waals surface area (Å²) in [4.78, 5) is 31.4. The van der Waals surface area contributed by atoms with Gasteiger partial charge >= 0.3 is 11.5 Å². The summed E-state index contributed by atoms with van der Waals surface area (Å²) in [6.07, 6.45) is 0.935. The maximum Gasteiger partial charge on any atom is 0.501 e. The topological polar surface area (TPSA) is 99.7 Å². The van der Waals surface area contributed by atoms with E-state index >= 15 is 0 Å². The van der Waals surface area contributed by atoms with Gasteiger partial charge in [0.15, 0.2) is 0 Å². The van der Waals surface area contributed by atoms with Crippen molar-refractivity contribution in [2.75, 3.05) is 10.2 Å². The molecule has 0 radical (unpaired) electrons. The van der Waals surface area contributed by atoms with Crippen molar-refractivity contribution in [3.05, 3.63) is 48.2 Å². The smallest absolute Gasteiger partial charge is 0.364 e. The number of hydrogen-bond donors (Lipinski definition) is 1. The Morgan fingerprint density at radius 2 is 1.76 bits per heavy atom. The lowest BCUT2D eigenvalue weighted by Crippen LogP contribution is -2.43. The Hall–Kier alpha value is -3.22. The highest BCUT2D eigenvalue weighted by Crippen LogP contribution is 2.36. The third kappa shape index (κ3) is 4.08. The van der Waals surface area contributed by atoms with Gasteiger partial charge in [0.2, 0.25) is 0 Å². The minimum atomic E-state index is -5.56. The van der Waals surface area contributed by atoms with E-state index in [1.165, 1.54) is 24.9 Å². The highest BCUT2D eigenvalue weighted by atomic mass is 32.2. The molecule has 2 atom stereocenters. The van der Waals surface area contributed by atoms with E-state index in [0.717, 1.165) is 17.0 Å². The number of rotatable bonds is 6. The van der Waals surface area contributed by atoms with E-state index in [2.05, 4.69) is 10.3 Å². The Labute approximate surface area is 192 Å². The first-order chi connectivity index (χ1) is 15.7. The van der Waals surface area contributed by atoms with Gasteiger partial charge in [-0.2, -0.15) is 13.2 Å². The molecule has 1 saturated heterocycles. The largest absolute Gasteiger partial charge is 0.501 e. The lowest BCUT2D eigenvalue weighted by Gasteiger charge is -2.27. The number of anilines is 2. The van der Waals surface area contributed by atoms with Gasteiger partial charge in [-0.25, -0.2) is 27.5 Å². The second-order valence-corrected chi connectivity index (χ2v) is 10.5. The van der Waals surface area contributed by atoms with Gasteiger partial charge in [-0.15, -0.1) is 0 Å². The molecule has 1 aliphatic carbocycles. The maximum absolute atomic E-state index is 13.2. The lowest BCUT2D eigenvalue weighted by atomic mass is 10.0. The van der Waals surface area contributed by atoms with Crippen LogP contribution in [0.3, 0.4) is 0 Å². The van der Waals surface area contributed by atoms with Gasteiger partial charge in [-0.1, -0.05) is 0 Å². The van der Waals surface area contributed by atoms with Gasteiger partial charge in [0.25, 0.3) is 15.7 Å². The summed E-state index contributed by atoms with van der Waals surface area (Å²) in [5, 5.41) is 2.94. The lowest BCUT2D eigenvalue weighted by molar-refractivity contribution is -0.123. The number of urea groups is 1. The fourth-order valence-corrected chi connectivity index (χ4v) is 4.34. The zero-order valence-electron chi connectivity index (χ0n) is 18.0. The Balaban J connectivity index is 1.57. The van der Waals surface area contributed by atoms with E-state index < -0.39 is 43.9 Å². The van der Waals surface area contributed by atoms with Gasteiger partial charge in [0.1, 0.15) is 17.5 Å². The first kappa shape index (κ1) is 23.9. The summed E-state index contributed by atoms with van der Waals surface area (Å²) < 4.78 is 74.7. The molecule has 1 N–H and O–H groups in total. The molecule has 2 aromatic rings. The van der Waals surface area contributed by atoms with Crippen LogP contribution in [0, 0.1) is 0 Å². The number of sulfone groups is 1. The number of aromatic nitrogens is 1. The summed E-state index contributed by atoms with van der Waals surface area (Å²) in [7, 11) is -5.56. The number of halogens is 4. The van der Waals surface area contributed by atoms with Gasteiger partial charge in [-0.05, 0) is 55.8 Å². The number of nitrogens with one attached hydrogen (secondary N) is 1. The number of imide groups is 1. The quantitative estimate of drug-likeness (QED) is 0.480. The minimum absolute atomic E-state index is 0.00945. The summed E-state index contributed by atoms with van der Waals surface area (Å²) >= 11 is 0. The predicted octanol–water partition coefficient (Wildman–Crippen LogP) is 3.64. The van der Waals surface area contributed by atoms with Crippen molar-refractivity contribution >= 4 is 33.3 Å². The Morgan fingerprint density at radius 1 is 1.15 bits per heavy atom. The van der Waals surface area contributed by atoms with E-state index in [1.807, 2.05) is 0 Å². The summed E-state index contributed by atoms with van der Waals surface area (Å²) in [5.41, 5.74) is -6.22. The molecule has 2 fully saturated rings. The average Bonchev–Trinajstić information content (AvgIpc) is 3.41. The average molecular weight is 500 g/mol. The molecule has 0 bridgehead atoms. The fraction of sp³-hybridized carbons (Fsp3) is 0.381. The molecular weight excluding hydrogens is 480 g/mol. The molecular formula is C21H20F4N4O4S. The molecule has 0 unspecified atom stereocenters. The van der Waals surface area contributed by atoms with Crippen molar-refractivity contribution in [2.24, 2.45) is 0 Å².